The summed E-state index contributed by atoms with van der Waals surface area (Å²) in [5, 5.41) is 11.3. The number of ether oxygens (including phenoxy) is 1. The van der Waals surface area contributed by atoms with E-state index in [9.17, 15) is 14.4 Å². The van der Waals surface area contributed by atoms with Gasteiger partial charge in [0.1, 0.15) is 11.6 Å². The molecule has 0 spiro atoms. The number of carbonyl (C=O) groups is 3. The Balaban J connectivity index is 0.000000290. The van der Waals surface area contributed by atoms with Crippen LogP contribution in [-0.2, 0) is 20.9 Å². The number of amides is 1. The van der Waals surface area contributed by atoms with Crippen molar-refractivity contribution in [1.29, 1.82) is 0 Å². The molecule has 0 bridgehead atoms. The van der Waals surface area contributed by atoms with Crippen molar-refractivity contribution in [3.05, 3.63) is 47.3 Å². The molecule has 0 unspecified atom stereocenters. The number of carboxylic acids is 1. The molecule has 2 heterocycles. The van der Waals surface area contributed by atoms with E-state index in [1.807, 2.05) is 25.9 Å². The minimum absolute atomic E-state index is 0.0259. The number of aliphatic carboxylic acids is 1. The molecule has 0 saturated carbocycles. The first-order valence-electron chi connectivity index (χ1n) is 12.2. The average molecular weight is 541 g/mol. The van der Waals surface area contributed by atoms with E-state index in [0.717, 1.165) is 11.3 Å². The zero-order valence-corrected chi connectivity index (χ0v) is 23.1. The quantitative estimate of drug-likeness (QED) is 0.303. The van der Waals surface area contributed by atoms with Crippen molar-refractivity contribution >= 4 is 40.8 Å². The Kier molecular flexibility index (Phi) is 10.6. The smallest absolute Gasteiger partial charge is 0.329 e. The molecule has 0 aliphatic rings. The van der Waals surface area contributed by atoms with Crippen LogP contribution in [0.25, 0.3) is 11.2 Å². The average Bonchev–Trinajstić information content (AvgIpc) is 2.81. The number of aromatic nitrogens is 4. The number of nitrogens with zero attached hydrogens (tertiary/aromatic N) is 5. The predicted octanol–water partition coefficient (Wildman–Crippen LogP) is 1.95. The Bertz CT molecular complexity index is 1310. The maximum absolute atomic E-state index is 12.2. The number of hydrogen-bond acceptors (Lipinski definition) is 11. The van der Waals surface area contributed by atoms with Crippen LogP contribution in [0, 0.1) is 6.92 Å². The minimum Gasteiger partial charge on any atom is -0.481 e. The SMILES string of the molecule is CN(C)Cc1cnc2nc(N)nc(N)c2n1.Cc1ccc(C(=O)N[C@H](CCC(=O)O)C(=O)OC(C)(C)C)cc1. The fraction of sp³-hybridized carbons (Fsp3) is 0.423. The lowest BCUT2D eigenvalue weighted by Crippen LogP contribution is -2.44. The molecule has 13 heteroatoms. The number of benzene rings is 1. The fourth-order valence-electron chi connectivity index (χ4n) is 3.22. The van der Waals surface area contributed by atoms with Gasteiger partial charge in [0.05, 0.1) is 11.9 Å². The van der Waals surface area contributed by atoms with Crippen molar-refractivity contribution in [2.75, 3.05) is 25.6 Å². The molecule has 1 aromatic carbocycles. The second-order valence-electron chi connectivity index (χ2n) is 10.1. The fourth-order valence-corrected chi connectivity index (χ4v) is 3.22. The maximum atomic E-state index is 12.2. The lowest BCUT2D eigenvalue weighted by molar-refractivity contribution is -0.157. The van der Waals surface area contributed by atoms with Crippen molar-refractivity contribution in [1.82, 2.24) is 30.2 Å². The third-order valence-electron chi connectivity index (χ3n) is 4.94. The summed E-state index contributed by atoms with van der Waals surface area (Å²) in [6.07, 6.45) is 1.40. The van der Waals surface area contributed by atoms with Gasteiger partial charge >= 0.3 is 11.9 Å². The molecule has 2 aromatic heterocycles. The van der Waals surface area contributed by atoms with Crippen LogP contribution >= 0.6 is 0 Å². The predicted molar refractivity (Wildman–Crippen MR) is 146 cm³/mol. The van der Waals surface area contributed by atoms with Gasteiger partial charge in [-0.25, -0.2) is 14.8 Å². The topological polar surface area (TPSA) is 200 Å². The zero-order valence-electron chi connectivity index (χ0n) is 23.1. The maximum Gasteiger partial charge on any atom is 0.329 e. The molecule has 0 fully saturated rings. The monoisotopic (exact) mass is 540 g/mol. The summed E-state index contributed by atoms with van der Waals surface area (Å²) in [5.41, 5.74) is 13.6. The molecule has 1 amide bonds. The molecule has 6 N–H and O–H groups in total. The molecule has 0 radical (unpaired) electrons. The van der Waals surface area contributed by atoms with Gasteiger partial charge in [-0.1, -0.05) is 17.7 Å². The number of fused-ring (bicyclic) bond motifs is 1. The van der Waals surface area contributed by atoms with E-state index >= 15 is 0 Å². The Morgan fingerprint density at radius 1 is 1.08 bits per heavy atom. The van der Waals surface area contributed by atoms with Gasteiger partial charge in [-0.05, 0) is 60.3 Å². The van der Waals surface area contributed by atoms with E-state index in [2.05, 4.69) is 25.3 Å². The number of nitrogens with two attached hydrogens (primary N) is 2. The van der Waals surface area contributed by atoms with Gasteiger partial charge in [0.25, 0.3) is 5.91 Å². The Hall–Kier alpha value is -4.39. The van der Waals surface area contributed by atoms with Crippen molar-refractivity contribution < 1.29 is 24.2 Å². The molecule has 0 aliphatic heterocycles. The standard InChI is InChI=1S/C17H23NO5.C9H13N7/c1-11-5-7-12(8-6-11)15(21)18-13(9-10-14(19)20)16(22)23-17(2,3)4;1-16(2)4-5-3-12-8-6(13-5)7(10)14-9(11)15-8/h5-8,13H,9-10H2,1-4H3,(H,18,21)(H,19,20);3H,4H2,1-2H3,(H4,10,11,12,14,15)/t13-;/m1./s1. The Morgan fingerprint density at radius 2 is 1.72 bits per heavy atom. The molecule has 1 atom stereocenters. The van der Waals surface area contributed by atoms with E-state index in [1.54, 1.807) is 51.2 Å². The van der Waals surface area contributed by atoms with Gasteiger partial charge in [-0.2, -0.15) is 9.97 Å². The number of nitrogen functional groups attached to an aromatic ring is 2. The van der Waals surface area contributed by atoms with Crippen molar-refractivity contribution in [3.63, 3.8) is 0 Å². The van der Waals surface area contributed by atoms with Gasteiger partial charge in [-0.3, -0.25) is 9.59 Å². The van der Waals surface area contributed by atoms with Crippen LogP contribution in [-0.4, -0.2) is 73.5 Å². The van der Waals surface area contributed by atoms with Crippen LogP contribution in [0.3, 0.4) is 0 Å². The highest BCUT2D eigenvalue weighted by Gasteiger charge is 2.27. The third-order valence-corrected chi connectivity index (χ3v) is 4.94. The molecular formula is C26H36N8O5. The minimum atomic E-state index is -1.04. The summed E-state index contributed by atoms with van der Waals surface area (Å²) in [6.45, 7) is 7.72. The normalized spacial score (nSPS) is 11.9. The third kappa shape index (κ3) is 10.5. The van der Waals surface area contributed by atoms with Gasteiger partial charge < -0.3 is 31.5 Å². The van der Waals surface area contributed by atoms with E-state index in [4.69, 9.17) is 21.3 Å². The Morgan fingerprint density at radius 3 is 2.28 bits per heavy atom. The highest BCUT2D eigenvalue weighted by Crippen LogP contribution is 2.15. The zero-order chi connectivity index (χ0) is 29.3. The second kappa shape index (κ2) is 13.4. The first-order chi connectivity index (χ1) is 18.1. The van der Waals surface area contributed by atoms with Crippen molar-refractivity contribution in [3.8, 4) is 0 Å². The molecular weight excluding hydrogens is 504 g/mol. The Labute approximate surface area is 227 Å². The molecule has 13 nitrogen and oxygen atoms in total. The second-order valence-corrected chi connectivity index (χ2v) is 10.1. The lowest BCUT2D eigenvalue weighted by Gasteiger charge is -2.24. The number of anilines is 2. The summed E-state index contributed by atoms with van der Waals surface area (Å²) < 4.78 is 5.24. The van der Waals surface area contributed by atoms with Gasteiger partial charge in [0, 0.05) is 18.5 Å². The highest BCUT2D eigenvalue weighted by molar-refractivity contribution is 5.97. The summed E-state index contributed by atoms with van der Waals surface area (Å²) in [4.78, 5) is 53.4. The first-order valence-corrected chi connectivity index (χ1v) is 12.2. The number of rotatable bonds is 8. The molecule has 3 aromatic rings. The van der Waals surface area contributed by atoms with E-state index in [0.29, 0.717) is 23.3 Å². The number of aryl methyl sites for hydroxylation is 1. The summed E-state index contributed by atoms with van der Waals surface area (Å²) in [5.74, 6) is -1.75. The molecule has 210 valence electrons. The number of carboxylic acid groups (broad SMARTS) is 1. The van der Waals surface area contributed by atoms with Gasteiger partial charge in [-0.15, -0.1) is 0 Å². The summed E-state index contributed by atoms with van der Waals surface area (Å²) >= 11 is 0. The first kappa shape index (κ1) is 30.8. The molecule has 39 heavy (non-hydrogen) atoms. The van der Waals surface area contributed by atoms with Crippen LogP contribution in [0.5, 0.6) is 0 Å². The molecule has 3 rings (SSSR count). The van der Waals surface area contributed by atoms with Crippen LogP contribution in [0.2, 0.25) is 0 Å². The summed E-state index contributed by atoms with van der Waals surface area (Å²) in [7, 11) is 3.91. The lowest BCUT2D eigenvalue weighted by atomic mass is 10.1. The van der Waals surface area contributed by atoms with Crippen LogP contribution < -0.4 is 16.8 Å². The highest BCUT2D eigenvalue weighted by atomic mass is 16.6. The number of hydrogen-bond donors (Lipinski definition) is 4. The van der Waals surface area contributed by atoms with E-state index in [1.165, 1.54) is 0 Å². The number of nitrogens with one attached hydrogen (secondary N) is 1. The van der Waals surface area contributed by atoms with Crippen LogP contribution in [0.4, 0.5) is 11.8 Å². The number of carbonyl (C=O) groups excluding carboxylic acids is 2. The van der Waals surface area contributed by atoms with Crippen molar-refractivity contribution in [2.45, 2.75) is 58.7 Å². The largest absolute Gasteiger partial charge is 0.481 e. The summed E-state index contributed by atoms with van der Waals surface area (Å²) in [6, 6.07) is 5.87. The van der Waals surface area contributed by atoms with Gasteiger partial charge in [0.15, 0.2) is 17.0 Å². The van der Waals surface area contributed by atoms with Crippen molar-refractivity contribution in [2.24, 2.45) is 0 Å². The van der Waals surface area contributed by atoms with Gasteiger partial charge in [0.2, 0.25) is 5.95 Å². The molecule has 0 aliphatic carbocycles. The molecule has 0 saturated heterocycles. The van der Waals surface area contributed by atoms with E-state index < -0.39 is 29.5 Å². The number of esters is 1. The van der Waals surface area contributed by atoms with Crippen LogP contribution in [0.15, 0.2) is 30.5 Å². The van der Waals surface area contributed by atoms with E-state index in [-0.39, 0.29) is 24.6 Å². The van der Waals surface area contributed by atoms with Crippen LogP contribution in [0.1, 0.15) is 55.2 Å².